The normalized spacial score (nSPS) is 14.5. The standard InChI is InChI=1S/C13H25NO.C13H9.C10H22Si2.2CH3.Si.Ti/c14-13(15)12-10-8-6-4-2-1-3-5-7-9-11-12;1-3-7-12-10(5-1)9-11-6-2-4-8-13(11)12;1-9(11(3,4)5)10(2)12(6,7)8;;;;/h12H,1-11H2,(H2,14,15);1-9H;1-2H2,3-8H3;2*1H3;;/q;-1;;2*-1;;+4/p-1. The molecule has 0 aliphatic heterocycles. The van der Waals surface area contributed by atoms with Gasteiger partial charge in [0.25, 0.3) is 0 Å². The average molecular weight is 680 g/mol. The van der Waals surface area contributed by atoms with E-state index in [4.69, 9.17) is 5.73 Å². The molecule has 1 aliphatic carbocycles. The molecule has 1 fully saturated rings. The first-order chi connectivity index (χ1) is 18.8. The van der Waals surface area contributed by atoms with Crippen molar-refractivity contribution < 1.29 is 26.5 Å². The van der Waals surface area contributed by atoms with Crippen molar-refractivity contribution in [2.45, 2.75) is 110 Å². The van der Waals surface area contributed by atoms with Crippen LogP contribution < -0.4 is 0 Å². The van der Waals surface area contributed by atoms with Gasteiger partial charge in [-0.25, -0.2) is 0 Å². The van der Waals surface area contributed by atoms with Gasteiger partial charge in [-0.05, 0) is 12.8 Å². The number of rotatable bonds is 4. The first-order valence-corrected chi connectivity index (χ1v) is 22.5. The number of carbonyl (C=O) groups excluding carboxylic acids is 1. The third-order valence-corrected chi connectivity index (χ3v) is 12.6. The van der Waals surface area contributed by atoms with Crippen molar-refractivity contribution in [1.29, 1.82) is 0 Å². The quantitative estimate of drug-likeness (QED) is 0.154. The van der Waals surface area contributed by atoms with Crippen LogP contribution in [0.1, 0.15) is 70.6 Å². The van der Waals surface area contributed by atoms with Crippen LogP contribution in [-0.2, 0) is 26.5 Å². The molecule has 0 saturated heterocycles. The van der Waals surface area contributed by atoms with Crippen molar-refractivity contribution >= 4 is 54.6 Å². The predicted octanol–water partition coefficient (Wildman–Crippen LogP) is 12.6. The maximum absolute atomic E-state index is 11.1. The summed E-state index contributed by atoms with van der Waals surface area (Å²) in [5.74, 6) is -0.281. The molecule has 1 aliphatic rings. The van der Waals surface area contributed by atoms with E-state index < -0.39 is 16.1 Å². The molecule has 6 heteroatoms. The molecule has 1 amide bonds. The molecular formula is C38H61NOSi3Ti. The molecule has 0 spiro atoms. The Bertz CT molecular complexity index is 1150. The van der Waals surface area contributed by atoms with E-state index in [2.05, 4.69) is 107 Å². The van der Waals surface area contributed by atoms with E-state index in [1.54, 1.807) is 0 Å². The molecule has 4 rings (SSSR count). The molecule has 0 unspecified atom stereocenters. The number of amides is 1. The molecule has 240 valence electrons. The van der Waals surface area contributed by atoms with E-state index in [1.807, 2.05) is 0 Å². The second kappa shape index (κ2) is 23.0. The summed E-state index contributed by atoms with van der Waals surface area (Å²) in [6, 6.07) is 19.3. The number of carbonyl (C=O) groups is 1. The van der Waals surface area contributed by atoms with Crippen molar-refractivity contribution in [3.63, 3.8) is 0 Å². The van der Waals surface area contributed by atoms with Gasteiger partial charge in [-0.3, -0.25) is 0 Å². The number of fused-ring (bicyclic) bond motifs is 3. The number of hydrogen-bond donors (Lipinski definition) is 0. The van der Waals surface area contributed by atoms with Crippen LogP contribution in [0.3, 0.4) is 0 Å². The SMILES string of the molecule is C=C(C(=C)[Si](C)(C)C)[Si](C)(C)C.[CH3-].[CH3-].[NH-]C(=O)C1CCCCCCCCCCC1.[Si].[Ti+4].c1ccc2c(c1)[cH-]c1ccccc12. The maximum Gasteiger partial charge on any atom is 4.00 e. The van der Waals surface area contributed by atoms with Crippen molar-refractivity contribution in [3.05, 3.63) is 98.7 Å². The fourth-order valence-electron chi connectivity index (χ4n) is 5.23. The van der Waals surface area contributed by atoms with Crippen LogP contribution in [0.5, 0.6) is 0 Å². The molecule has 3 aromatic rings. The third kappa shape index (κ3) is 16.3. The minimum absolute atomic E-state index is 0. The number of hydrogen-bond acceptors (Lipinski definition) is 1. The summed E-state index contributed by atoms with van der Waals surface area (Å²) in [6.07, 6.45) is 13.5. The topological polar surface area (TPSA) is 40.9 Å². The monoisotopic (exact) mass is 679 g/mol. The molecule has 0 heterocycles. The van der Waals surface area contributed by atoms with Gasteiger partial charge >= 0.3 is 21.7 Å². The molecule has 44 heavy (non-hydrogen) atoms. The van der Waals surface area contributed by atoms with Gasteiger partial charge in [-0.15, -0.1) is 39.7 Å². The summed E-state index contributed by atoms with van der Waals surface area (Å²) in [7, 11) is -2.39. The van der Waals surface area contributed by atoms with Gasteiger partial charge < -0.3 is 25.4 Å². The predicted molar refractivity (Wildman–Crippen MR) is 204 cm³/mol. The Morgan fingerprint density at radius 1 is 0.659 bits per heavy atom. The molecule has 4 radical (unpaired) electrons. The van der Waals surface area contributed by atoms with Crippen molar-refractivity contribution in [2.24, 2.45) is 5.92 Å². The van der Waals surface area contributed by atoms with Crippen LogP contribution in [0.4, 0.5) is 0 Å². The van der Waals surface area contributed by atoms with Gasteiger partial charge in [0.2, 0.25) is 0 Å². The minimum atomic E-state index is -1.19. The summed E-state index contributed by atoms with van der Waals surface area (Å²) >= 11 is 0. The van der Waals surface area contributed by atoms with Crippen LogP contribution in [0, 0.1) is 20.8 Å². The number of nitrogens with one attached hydrogen (secondary N) is 1. The molecule has 0 atom stereocenters. The molecule has 0 bridgehead atoms. The largest absolute Gasteiger partial charge is 4.00 e. The zero-order chi connectivity index (χ0) is 29.8. The Morgan fingerprint density at radius 3 is 1.25 bits per heavy atom. The molecular weight excluding hydrogens is 619 g/mol. The van der Waals surface area contributed by atoms with Crippen molar-refractivity contribution in [3.8, 4) is 0 Å². The summed E-state index contributed by atoms with van der Waals surface area (Å²) in [5, 5.41) is 8.12. The molecule has 2 nitrogen and oxygen atoms in total. The van der Waals surface area contributed by atoms with Gasteiger partial charge in [-0.2, -0.15) is 0 Å². The Kier molecular flexibility index (Phi) is 24.6. The summed E-state index contributed by atoms with van der Waals surface area (Å²) < 4.78 is 0. The van der Waals surface area contributed by atoms with Gasteiger partial charge in [0.1, 0.15) is 0 Å². The first kappa shape index (κ1) is 47.0. The Labute approximate surface area is 294 Å². The molecule has 3 aromatic carbocycles. The van der Waals surface area contributed by atoms with Crippen LogP contribution in [0.15, 0.2) is 78.1 Å². The Balaban J connectivity index is -0.000000551. The zero-order valence-electron chi connectivity index (χ0n) is 29.4. The van der Waals surface area contributed by atoms with Crippen LogP contribution in [0.25, 0.3) is 27.3 Å². The zero-order valence-corrected chi connectivity index (χ0v) is 33.9. The average Bonchev–Trinajstić information content (AvgIpc) is 3.26. The fourth-order valence-corrected chi connectivity index (χ4v) is 9.30. The van der Waals surface area contributed by atoms with Crippen LogP contribution in [0.2, 0.25) is 39.3 Å². The van der Waals surface area contributed by atoms with E-state index in [0.29, 0.717) is 0 Å². The fraction of sp³-hybridized carbons (Fsp3) is 0.474. The minimum Gasteiger partial charge on any atom is -0.668 e. The first-order valence-electron chi connectivity index (χ1n) is 15.5. The van der Waals surface area contributed by atoms with Crippen LogP contribution in [-0.4, -0.2) is 33.0 Å². The van der Waals surface area contributed by atoms with E-state index in [9.17, 15) is 4.79 Å². The van der Waals surface area contributed by atoms with E-state index in [-0.39, 0.29) is 59.4 Å². The van der Waals surface area contributed by atoms with Gasteiger partial charge in [-0.1, -0.05) is 157 Å². The van der Waals surface area contributed by atoms with Crippen molar-refractivity contribution in [2.75, 3.05) is 0 Å². The van der Waals surface area contributed by atoms with E-state index in [0.717, 1.165) is 25.7 Å². The smallest absolute Gasteiger partial charge is 0.668 e. The van der Waals surface area contributed by atoms with Gasteiger partial charge in [0, 0.05) is 16.9 Å². The second-order valence-electron chi connectivity index (χ2n) is 13.6. The van der Waals surface area contributed by atoms with E-state index in [1.165, 1.54) is 76.9 Å². The van der Waals surface area contributed by atoms with Crippen molar-refractivity contribution in [1.82, 2.24) is 0 Å². The molecule has 1 saturated carbocycles. The molecule has 1 N–H and O–H groups in total. The summed E-state index contributed by atoms with van der Waals surface area (Å²) in [5.41, 5.74) is 7.23. The second-order valence-corrected chi connectivity index (χ2v) is 23.8. The number of allylic oxidation sites excluding steroid dienone is 2. The maximum atomic E-state index is 11.1. The van der Waals surface area contributed by atoms with Crippen LogP contribution >= 0.6 is 0 Å². The number of benzene rings is 2. The summed E-state index contributed by atoms with van der Waals surface area (Å²) in [6.45, 7) is 22.4. The molecule has 0 aromatic heterocycles. The van der Waals surface area contributed by atoms with E-state index >= 15 is 0 Å². The summed E-state index contributed by atoms with van der Waals surface area (Å²) in [4.78, 5) is 11.1. The Morgan fingerprint density at radius 2 is 0.955 bits per heavy atom. The Hall–Kier alpha value is -1.38. The van der Waals surface area contributed by atoms with Gasteiger partial charge in [0.05, 0.1) is 22.1 Å². The third-order valence-electron chi connectivity index (χ3n) is 8.17. The van der Waals surface area contributed by atoms with Gasteiger partial charge in [0.15, 0.2) is 0 Å².